The Kier molecular flexibility index (Phi) is 6.06. The minimum Gasteiger partial charge on any atom is -0.456 e. The van der Waals surface area contributed by atoms with Gasteiger partial charge in [-0.05, 0) is 77.6 Å². The summed E-state index contributed by atoms with van der Waals surface area (Å²) >= 11 is 0. The number of aromatic nitrogens is 6. The second-order valence-electron chi connectivity index (χ2n) is 12.8. The average Bonchev–Trinajstić information content (AvgIpc) is 3.64. The number of nitrogens with zero attached hydrogens (tertiary/aromatic N) is 6. The fourth-order valence-corrected chi connectivity index (χ4v) is 7.09. The first-order valence-electron chi connectivity index (χ1n) is 16.1. The first-order valence-corrected chi connectivity index (χ1v) is 16.1. The number of rotatable bonds is 5. The molecule has 6 aromatic heterocycles. The molecule has 0 aliphatic heterocycles. The molecule has 0 spiro atoms. The van der Waals surface area contributed by atoms with Crippen LogP contribution >= 0.6 is 0 Å². The molecule has 9 aromatic rings. The first kappa shape index (κ1) is 27.5. The van der Waals surface area contributed by atoms with Crippen LogP contribution in [0.1, 0.15) is 50.7 Å². The van der Waals surface area contributed by atoms with E-state index in [9.17, 15) is 0 Å². The van der Waals surface area contributed by atoms with Gasteiger partial charge in [0.05, 0.1) is 33.8 Å². The highest BCUT2D eigenvalue weighted by atomic mass is 16.5. The smallest absolute Gasteiger partial charge is 0.148 e. The van der Waals surface area contributed by atoms with Gasteiger partial charge in [0, 0.05) is 40.0 Å². The highest BCUT2D eigenvalue weighted by Gasteiger charge is 2.21. The van der Waals surface area contributed by atoms with Crippen LogP contribution in [0.25, 0.3) is 66.2 Å². The van der Waals surface area contributed by atoms with Crippen molar-refractivity contribution >= 4 is 60.4 Å². The zero-order valence-corrected chi connectivity index (χ0v) is 26.6. The third kappa shape index (κ3) is 4.12. The van der Waals surface area contributed by atoms with E-state index in [2.05, 4.69) is 103 Å². The minimum atomic E-state index is 0.293. The van der Waals surface area contributed by atoms with E-state index >= 15 is 0 Å². The largest absolute Gasteiger partial charge is 0.456 e. The molecular formula is C40H32N6O. The fraction of sp³-hybridized carbons (Fsp3) is 0.150. The normalized spacial score (nSPS) is 12.2. The quantitative estimate of drug-likeness (QED) is 0.181. The molecule has 0 bridgehead atoms. The lowest BCUT2D eigenvalue weighted by Gasteiger charge is -2.15. The summed E-state index contributed by atoms with van der Waals surface area (Å²) in [7, 11) is 0. The molecule has 228 valence electrons. The summed E-state index contributed by atoms with van der Waals surface area (Å²) in [5.74, 6) is 2.86. The van der Waals surface area contributed by atoms with Crippen molar-refractivity contribution in [3.05, 3.63) is 121 Å². The Morgan fingerprint density at radius 2 is 1.38 bits per heavy atom. The van der Waals surface area contributed by atoms with Crippen LogP contribution in [-0.4, -0.2) is 28.9 Å². The SMILES string of the molecule is CC(C)c1cccnc1-n1c2cc(Oc3cnc4c(c3)c3nc5ccccc5n3c3cccc(C(C)C)c43)ccc2c2cccnc21. The van der Waals surface area contributed by atoms with Gasteiger partial charge >= 0.3 is 0 Å². The Morgan fingerprint density at radius 3 is 2.26 bits per heavy atom. The van der Waals surface area contributed by atoms with Gasteiger partial charge in [-0.1, -0.05) is 58.0 Å². The lowest BCUT2D eigenvalue weighted by atomic mass is 9.96. The fourth-order valence-electron chi connectivity index (χ4n) is 7.09. The Bertz CT molecular complexity index is 2680. The summed E-state index contributed by atoms with van der Waals surface area (Å²) in [6.07, 6.45) is 5.51. The molecule has 0 aliphatic carbocycles. The van der Waals surface area contributed by atoms with E-state index in [1.807, 2.05) is 42.9 Å². The lowest BCUT2D eigenvalue weighted by Crippen LogP contribution is -2.04. The van der Waals surface area contributed by atoms with Gasteiger partial charge in [-0.15, -0.1) is 0 Å². The van der Waals surface area contributed by atoms with E-state index in [0.717, 1.165) is 71.8 Å². The van der Waals surface area contributed by atoms with Crippen molar-refractivity contribution in [3.63, 3.8) is 0 Å². The molecule has 0 unspecified atom stereocenters. The predicted molar refractivity (Wildman–Crippen MR) is 190 cm³/mol. The summed E-state index contributed by atoms with van der Waals surface area (Å²) in [6.45, 7) is 8.84. The molecule has 7 heteroatoms. The molecule has 0 N–H and O–H groups in total. The van der Waals surface area contributed by atoms with Crippen molar-refractivity contribution in [2.24, 2.45) is 0 Å². The summed E-state index contributed by atoms with van der Waals surface area (Å²) < 4.78 is 11.0. The van der Waals surface area contributed by atoms with Gasteiger partial charge in [0.1, 0.15) is 28.6 Å². The topological polar surface area (TPSA) is 70.1 Å². The second-order valence-corrected chi connectivity index (χ2v) is 12.8. The minimum absolute atomic E-state index is 0.293. The van der Waals surface area contributed by atoms with E-state index in [1.54, 1.807) is 0 Å². The standard InChI is InChI=1S/C40H32N6O/c1-23(2)27-10-7-15-34-36(27)37-31(40-44-32-13-5-6-14-33(32)45(34)40)20-26(22-43-37)47-25-16-17-29-30-12-9-19-42-39(30)46(35(29)21-25)38-28(24(3)4)11-8-18-41-38/h5-24H,1-4H3. The molecule has 7 nitrogen and oxygen atoms in total. The maximum Gasteiger partial charge on any atom is 0.148 e. The molecule has 0 aliphatic rings. The van der Waals surface area contributed by atoms with Gasteiger partial charge < -0.3 is 4.74 Å². The predicted octanol–water partition coefficient (Wildman–Crippen LogP) is 10.1. The Balaban J connectivity index is 1.26. The van der Waals surface area contributed by atoms with Crippen LogP contribution in [0.3, 0.4) is 0 Å². The molecule has 9 rings (SSSR count). The number of para-hydroxylation sites is 2. The van der Waals surface area contributed by atoms with Gasteiger partial charge in [-0.3, -0.25) is 14.0 Å². The number of hydrogen-bond acceptors (Lipinski definition) is 5. The molecule has 0 amide bonds. The highest BCUT2D eigenvalue weighted by molar-refractivity contribution is 6.13. The number of hydrogen-bond donors (Lipinski definition) is 0. The van der Waals surface area contributed by atoms with Crippen molar-refractivity contribution in [3.8, 4) is 17.3 Å². The van der Waals surface area contributed by atoms with Crippen molar-refractivity contribution in [2.75, 3.05) is 0 Å². The van der Waals surface area contributed by atoms with Gasteiger partial charge in [0.15, 0.2) is 0 Å². The number of imidazole rings is 1. The number of pyridine rings is 4. The van der Waals surface area contributed by atoms with Crippen LogP contribution in [-0.2, 0) is 0 Å². The molecule has 47 heavy (non-hydrogen) atoms. The number of ether oxygens (including phenoxy) is 1. The van der Waals surface area contributed by atoms with Gasteiger partial charge in [-0.25, -0.2) is 15.0 Å². The van der Waals surface area contributed by atoms with Crippen LogP contribution in [0.2, 0.25) is 0 Å². The maximum atomic E-state index is 6.62. The van der Waals surface area contributed by atoms with Crippen LogP contribution in [0.5, 0.6) is 11.5 Å². The first-order chi connectivity index (χ1) is 23.0. The van der Waals surface area contributed by atoms with Crippen LogP contribution < -0.4 is 4.74 Å². The second kappa shape index (κ2) is 10.4. The van der Waals surface area contributed by atoms with E-state index in [4.69, 9.17) is 24.7 Å². The third-order valence-electron chi connectivity index (χ3n) is 9.22. The van der Waals surface area contributed by atoms with Gasteiger partial charge in [0.25, 0.3) is 0 Å². The molecule has 3 aromatic carbocycles. The lowest BCUT2D eigenvalue weighted by molar-refractivity contribution is 0.482. The zero-order valence-electron chi connectivity index (χ0n) is 26.6. The van der Waals surface area contributed by atoms with Crippen LogP contribution in [0.15, 0.2) is 110 Å². The molecule has 0 fully saturated rings. The monoisotopic (exact) mass is 612 g/mol. The summed E-state index contributed by atoms with van der Waals surface area (Å²) in [5.41, 5.74) is 9.20. The van der Waals surface area contributed by atoms with Crippen LogP contribution in [0.4, 0.5) is 0 Å². The number of fused-ring (bicyclic) bond motifs is 11. The van der Waals surface area contributed by atoms with Crippen LogP contribution in [0, 0.1) is 0 Å². The maximum absolute atomic E-state index is 6.62. The number of benzene rings is 3. The molecule has 0 saturated heterocycles. The summed E-state index contributed by atoms with van der Waals surface area (Å²) in [5, 5.41) is 4.27. The van der Waals surface area contributed by atoms with Crippen molar-refractivity contribution in [1.82, 2.24) is 28.9 Å². The Morgan fingerprint density at radius 1 is 0.596 bits per heavy atom. The van der Waals surface area contributed by atoms with Gasteiger partial charge in [0.2, 0.25) is 0 Å². The summed E-state index contributed by atoms with van der Waals surface area (Å²) in [6, 6.07) is 31.3. The van der Waals surface area contributed by atoms with E-state index in [0.29, 0.717) is 23.3 Å². The Hall–Kier alpha value is -5.82. The average molecular weight is 613 g/mol. The summed E-state index contributed by atoms with van der Waals surface area (Å²) in [4.78, 5) is 19.8. The van der Waals surface area contributed by atoms with Gasteiger partial charge in [-0.2, -0.15) is 0 Å². The molecular weight excluding hydrogens is 580 g/mol. The van der Waals surface area contributed by atoms with Crippen molar-refractivity contribution < 1.29 is 4.74 Å². The highest BCUT2D eigenvalue weighted by Crippen LogP contribution is 2.39. The van der Waals surface area contributed by atoms with E-state index < -0.39 is 0 Å². The van der Waals surface area contributed by atoms with E-state index in [-0.39, 0.29) is 0 Å². The zero-order chi connectivity index (χ0) is 31.8. The van der Waals surface area contributed by atoms with Crippen molar-refractivity contribution in [1.29, 1.82) is 0 Å². The Labute approximate surface area is 271 Å². The molecule has 0 saturated carbocycles. The van der Waals surface area contributed by atoms with Crippen molar-refractivity contribution in [2.45, 2.75) is 39.5 Å². The van der Waals surface area contributed by atoms with E-state index in [1.165, 1.54) is 5.56 Å². The third-order valence-corrected chi connectivity index (χ3v) is 9.22. The molecule has 0 atom stereocenters. The molecule has 0 radical (unpaired) electrons. The molecule has 6 heterocycles.